The lowest BCUT2D eigenvalue weighted by Gasteiger charge is -2.02. The summed E-state index contributed by atoms with van der Waals surface area (Å²) in [4.78, 5) is 13.8. The van der Waals surface area contributed by atoms with Crippen LogP contribution in [0.2, 0.25) is 0 Å². The van der Waals surface area contributed by atoms with E-state index in [0.29, 0.717) is 6.42 Å². The Balaban J connectivity index is 3.09. The maximum atomic E-state index is 11.2. The molecule has 0 unspecified atom stereocenters. The van der Waals surface area contributed by atoms with E-state index in [1.807, 2.05) is 0 Å². The van der Waals surface area contributed by atoms with Gasteiger partial charge in [0.15, 0.2) is 0 Å². The van der Waals surface area contributed by atoms with Crippen LogP contribution in [0.4, 0.5) is 0 Å². The Kier molecular flexibility index (Phi) is 15.2. The summed E-state index contributed by atoms with van der Waals surface area (Å²) in [5, 5.41) is 3.28. The Hall–Kier alpha value is -1.02. The molecule has 0 aromatic carbocycles. The number of hydrogen-bond acceptors (Lipinski definition) is 2. The summed E-state index contributed by atoms with van der Waals surface area (Å²) < 4.78 is 0. The van der Waals surface area contributed by atoms with Crippen LogP contribution in [0, 0.1) is 0 Å². The number of nitrogens with zero attached hydrogens (tertiary/aromatic N) is 3. The van der Waals surface area contributed by atoms with Crippen molar-refractivity contribution < 1.29 is 4.79 Å². The smallest absolute Gasteiger partial charge is 0.138 e. The molecule has 4 nitrogen and oxygen atoms in total. The summed E-state index contributed by atoms with van der Waals surface area (Å²) in [7, 11) is 0. The Morgan fingerprint density at radius 2 is 1.30 bits per heavy atom. The van der Waals surface area contributed by atoms with E-state index >= 15 is 0 Å². The molecule has 0 amide bonds. The van der Waals surface area contributed by atoms with Crippen LogP contribution in [0.5, 0.6) is 0 Å². The largest absolute Gasteiger partial charge is 0.300 e. The first-order valence-electron chi connectivity index (χ1n) is 8.33. The summed E-state index contributed by atoms with van der Waals surface area (Å²) in [6.07, 6.45) is 16.1. The first-order chi connectivity index (χ1) is 9.81. The lowest BCUT2D eigenvalue weighted by Crippen LogP contribution is -2.00. The van der Waals surface area contributed by atoms with Gasteiger partial charge in [-0.25, -0.2) is 0 Å². The Labute approximate surface area is 124 Å². The molecule has 0 aromatic rings. The van der Waals surface area contributed by atoms with Crippen LogP contribution in [0.1, 0.15) is 90.4 Å². The molecule has 0 aliphatic heterocycles. The zero-order valence-corrected chi connectivity index (χ0v) is 13.1. The lowest BCUT2D eigenvalue weighted by molar-refractivity contribution is -0.117. The van der Waals surface area contributed by atoms with Gasteiger partial charge in [0.05, 0.1) is 6.54 Å². The summed E-state index contributed by atoms with van der Waals surface area (Å²) in [5.41, 5.74) is 8.09. The standard InChI is InChI=1S/C16H31N3O/c1-2-3-4-5-6-7-8-9-10-11-12-13-14-16(20)15-18-19-17/h2-15H2,1H3. The van der Waals surface area contributed by atoms with Gasteiger partial charge in [0, 0.05) is 11.3 Å². The van der Waals surface area contributed by atoms with E-state index in [2.05, 4.69) is 16.9 Å². The molecule has 0 aromatic heterocycles. The maximum absolute atomic E-state index is 11.2. The van der Waals surface area contributed by atoms with Gasteiger partial charge in [-0.3, -0.25) is 4.79 Å². The van der Waals surface area contributed by atoms with E-state index in [9.17, 15) is 4.79 Å². The average molecular weight is 281 g/mol. The van der Waals surface area contributed by atoms with Crippen molar-refractivity contribution in [2.75, 3.05) is 6.54 Å². The zero-order chi connectivity index (χ0) is 14.9. The van der Waals surface area contributed by atoms with Crippen molar-refractivity contribution in [2.45, 2.75) is 90.4 Å². The fourth-order valence-electron chi connectivity index (χ4n) is 2.35. The van der Waals surface area contributed by atoms with E-state index in [1.165, 1.54) is 64.2 Å². The third-order valence-corrected chi connectivity index (χ3v) is 3.62. The first-order valence-corrected chi connectivity index (χ1v) is 8.33. The van der Waals surface area contributed by atoms with Gasteiger partial charge in [-0.15, -0.1) is 0 Å². The van der Waals surface area contributed by atoms with Crippen LogP contribution in [-0.2, 0) is 4.79 Å². The molecule has 0 heterocycles. The monoisotopic (exact) mass is 281 g/mol. The highest BCUT2D eigenvalue weighted by molar-refractivity contribution is 5.80. The third kappa shape index (κ3) is 15.0. The van der Waals surface area contributed by atoms with E-state index in [4.69, 9.17) is 5.53 Å². The van der Waals surface area contributed by atoms with Crippen molar-refractivity contribution in [3.05, 3.63) is 10.4 Å². The maximum Gasteiger partial charge on any atom is 0.138 e. The van der Waals surface area contributed by atoms with Gasteiger partial charge >= 0.3 is 0 Å². The quantitative estimate of drug-likeness (QED) is 0.158. The van der Waals surface area contributed by atoms with Crippen molar-refractivity contribution in [2.24, 2.45) is 5.11 Å². The molecule has 116 valence electrons. The van der Waals surface area contributed by atoms with E-state index in [1.54, 1.807) is 0 Å². The molecule has 4 heteroatoms. The molecule has 0 aliphatic carbocycles. The number of carbonyl (C=O) groups is 1. The Morgan fingerprint density at radius 1 is 0.850 bits per heavy atom. The minimum Gasteiger partial charge on any atom is -0.300 e. The highest BCUT2D eigenvalue weighted by atomic mass is 16.1. The van der Waals surface area contributed by atoms with Gasteiger partial charge in [0.1, 0.15) is 5.78 Å². The van der Waals surface area contributed by atoms with Crippen LogP contribution >= 0.6 is 0 Å². The second-order valence-corrected chi connectivity index (χ2v) is 5.57. The van der Waals surface area contributed by atoms with E-state index < -0.39 is 0 Å². The van der Waals surface area contributed by atoms with Crippen molar-refractivity contribution >= 4 is 5.78 Å². The van der Waals surface area contributed by atoms with Crippen molar-refractivity contribution in [3.63, 3.8) is 0 Å². The van der Waals surface area contributed by atoms with Crippen LogP contribution in [-0.4, -0.2) is 12.3 Å². The molecule has 0 fully saturated rings. The van der Waals surface area contributed by atoms with Gasteiger partial charge in [-0.05, 0) is 12.0 Å². The second kappa shape index (κ2) is 16.0. The number of ketones is 1. The van der Waals surface area contributed by atoms with Gasteiger partial charge in [0.25, 0.3) is 0 Å². The zero-order valence-electron chi connectivity index (χ0n) is 13.1. The summed E-state index contributed by atoms with van der Waals surface area (Å²) >= 11 is 0. The van der Waals surface area contributed by atoms with Gasteiger partial charge in [-0.2, -0.15) is 0 Å². The van der Waals surface area contributed by atoms with Crippen LogP contribution in [0.15, 0.2) is 5.11 Å². The van der Waals surface area contributed by atoms with E-state index in [-0.39, 0.29) is 12.3 Å². The average Bonchev–Trinajstić information content (AvgIpc) is 2.46. The highest BCUT2D eigenvalue weighted by Crippen LogP contribution is 2.12. The number of azide groups is 1. The molecule has 0 N–H and O–H groups in total. The van der Waals surface area contributed by atoms with Crippen molar-refractivity contribution in [1.29, 1.82) is 0 Å². The lowest BCUT2D eigenvalue weighted by atomic mass is 10.0. The number of carbonyl (C=O) groups excluding carboxylic acids is 1. The molecule has 0 saturated carbocycles. The van der Waals surface area contributed by atoms with Crippen LogP contribution in [0.3, 0.4) is 0 Å². The number of rotatable bonds is 15. The van der Waals surface area contributed by atoms with Crippen LogP contribution < -0.4 is 0 Å². The predicted octanol–water partition coefficient (Wildman–Crippen LogP) is 5.96. The molecule has 0 atom stereocenters. The topological polar surface area (TPSA) is 65.8 Å². The molecule has 0 saturated heterocycles. The first kappa shape index (κ1) is 19.0. The minimum atomic E-state index is 0.0224. The molecule has 0 spiro atoms. The van der Waals surface area contributed by atoms with Crippen molar-refractivity contribution in [3.8, 4) is 0 Å². The van der Waals surface area contributed by atoms with Crippen LogP contribution in [0.25, 0.3) is 10.4 Å². The minimum absolute atomic E-state index is 0.0224. The highest BCUT2D eigenvalue weighted by Gasteiger charge is 1.99. The second-order valence-electron chi connectivity index (χ2n) is 5.57. The number of Topliss-reactive ketones (excluding diaryl/α,β-unsaturated/α-hetero) is 1. The Morgan fingerprint density at radius 3 is 1.75 bits per heavy atom. The summed E-state index contributed by atoms with van der Waals surface area (Å²) in [6, 6.07) is 0. The number of unbranched alkanes of at least 4 members (excludes halogenated alkanes) is 11. The predicted molar refractivity (Wildman–Crippen MR) is 84.7 cm³/mol. The normalized spacial score (nSPS) is 10.2. The van der Waals surface area contributed by atoms with Gasteiger partial charge in [-0.1, -0.05) is 82.7 Å². The molecule has 0 bridgehead atoms. The molecule has 0 radical (unpaired) electrons. The Bertz CT molecular complexity index is 273. The molecule has 20 heavy (non-hydrogen) atoms. The summed E-state index contributed by atoms with van der Waals surface area (Å²) in [6.45, 7) is 2.28. The van der Waals surface area contributed by atoms with Gasteiger partial charge in [0.2, 0.25) is 0 Å². The number of hydrogen-bond donors (Lipinski definition) is 0. The SMILES string of the molecule is CCCCCCCCCCCCCCC(=O)CN=[N+]=[N-]. The molecule has 0 aliphatic rings. The summed E-state index contributed by atoms with van der Waals surface area (Å²) in [5.74, 6) is 0.0647. The van der Waals surface area contributed by atoms with Crippen molar-refractivity contribution in [1.82, 2.24) is 0 Å². The fourth-order valence-corrected chi connectivity index (χ4v) is 2.35. The molecular weight excluding hydrogens is 250 g/mol. The van der Waals surface area contributed by atoms with Gasteiger partial charge < -0.3 is 0 Å². The molecular formula is C16H31N3O. The fraction of sp³-hybridized carbons (Fsp3) is 0.938. The third-order valence-electron chi connectivity index (χ3n) is 3.62. The molecule has 0 rings (SSSR count). The van der Waals surface area contributed by atoms with E-state index in [0.717, 1.165) is 12.8 Å².